The maximum atomic E-state index is 5.67. The van der Waals surface area contributed by atoms with E-state index in [0.717, 1.165) is 48.0 Å². The Bertz CT molecular complexity index is 1070. The molecule has 1 saturated carbocycles. The van der Waals surface area contributed by atoms with Crippen molar-refractivity contribution in [2.75, 3.05) is 5.32 Å². The third kappa shape index (κ3) is 4.74. The second kappa shape index (κ2) is 8.90. The number of anilines is 1. The van der Waals surface area contributed by atoms with Crippen LogP contribution < -0.4 is 16.8 Å². The third-order valence-corrected chi connectivity index (χ3v) is 5.37. The molecule has 0 radical (unpaired) electrons. The Hall–Kier alpha value is -3.48. The molecule has 1 aromatic carbocycles. The molecular weight excluding hydrogens is 374 g/mol. The highest BCUT2D eigenvalue weighted by Gasteiger charge is 2.26. The molecule has 0 bridgehead atoms. The maximum absolute atomic E-state index is 5.67. The lowest BCUT2D eigenvalue weighted by molar-refractivity contribution is 0.405. The fourth-order valence-corrected chi connectivity index (χ4v) is 3.89. The van der Waals surface area contributed by atoms with Crippen molar-refractivity contribution in [3.8, 4) is 0 Å². The first-order valence-corrected chi connectivity index (χ1v) is 10.3. The molecule has 1 fully saturated rings. The summed E-state index contributed by atoms with van der Waals surface area (Å²) in [6.07, 6.45) is 11.7. The molecule has 0 amide bonds. The normalized spacial score (nSPS) is 19.1. The fraction of sp³-hybridized carbons (Fsp3) is 0.304. The Morgan fingerprint density at radius 3 is 2.67 bits per heavy atom. The van der Waals surface area contributed by atoms with E-state index >= 15 is 0 Å². The molecule has 2 heterocycles. The van der Waals surface area contributed by atoms with Crippen molar-refractivity contribution in [3.63, 3.8) is 0 Å². The molecule has 1 aliphatic rings. The van der Waals surface area contributed by atoms with Crippen LogP contribution in [-0.4, -0.2) is 33.0 Å². The molecule has 2 atom stereocenters. The first-order chi connectivity index (χ1) is 14.6. The number of hydrogen-bond acceptors (Lipinski definition) is 5. The summed E-state index contributed by atoms with van der Waals surface area (Å²) in [7, 11) is 0. The van der Waals surface area contributed by atoms with Gasteiger partial charge in [-0.1, -0.05) is 30.5 Å². The van der Waals surface area contributed by atoms with Crippen LogP contribution in [0.5, 0.6) is 0 Å². The molecule has 30 heavy (non-hydrogen) atoms. The highest BCUT2D eigenvalue weighted by atomic mass is 15.1. The SMILES string of the molecule is Cc1ccc2nc(C=Cc3ccncc3)nc(N[C@H]3CCCC[C@H]3N=C(N)N)c2c1. The number of aromatic nitrogens is 3. The predicted octanol–water partition coefficient (Wildman–Crippen LogP) is 3.50. The van der Waals surface area contributed by atoms with Gasteiger partial charge < -0.3 is 16.8 Å². The van der Waals surface area contributed by atoms with Crippen LogP contribution in [0, 0.1) is 6.92 Å². The molecule has 5 N–H and O–H groups in total. The van der Waals surface area contributed by atoms with E-state index < -0.39 is 0 Å². The molecule has 4 rings (SSSR count). The van der Waals surface area contributed by atoms with E-state index in [1.165, 1.54) is 5.56 Å². The third-order valence-electron chi connectivity index (χ3n) is 5.37. The fourth-order valence-electron chi connectivity index (χ4n) is 3.89. The highest BCUT2D eigenvalue weighted by molar-refractivity contribution is 5.90. The molecule has 1 aliphatic carbocycles. The number of guanidine groups is 1. The summed E-state index contributed by atoms with van der Waals surface area (Å²) in [6.45, 7) is 2.07. The molecule has 2 aromatic heterocycles. The van der Waals surface area contributed by atoms with E-state index in [4.69, 9.17) is 21.4 Å². The van der Waals surface area contributed by atoms with E-state index in [0.29, 0.717) is 5.82 Å². The lowest BCUT2D eigenvalue weighted by Crippen LogP contribution is -2.38. The number of aryl methyl sites for hydroxylation is 1. The Labute approximate surface area is 176 Å². The van der Waals surface area contributed by atoms with Crippen LogP contribution in [0.4, 0.5) is 5.82 Å². The van der Waals surface area contributed by atoms with E-state index in [1.807, 2.05) is 30.4 Å². The van der Waals surface area contributed by atoms with Crippen LogP contribution in [0.15, 0.2) is 47.7 Å². The number of pyridine rings is 1. The van der Waals surface area contributed by atoms with E-state index in [1.54, 1.807) is 12.4 Å². The van der Waals surface area contributed by atoms with Crippen LogP contribution in [-0.2, 0) is 0 Å². The minimum absolute atomic E-state index is 0.0504. The van der Waals surface area contributed by atoms with Crippen molar-refractivity contribution in [1.29, 1.82) is 0 Å². The lowest BCUT2D eigenvalue weighted by Gasteiger charge is -2.30. The largest absolute Gasteiger partial charge is 0.370 e. The van der Waals surface area contributed by atoms with Gasteiger partial charge in [-0.15, -0.1) is 0 Å². The molecule has 3 aromatic rings. The van der Waals surface area contributed by atoms with Crippen molar-refractivity contribution in [3.05, 3.63) is 59.7 Å². The zero-order valence-electron chi connectivity index (χ0n) is 17.1. The standard InChI is InChI=1S/C23H27N7/c1-15-6-8-18-17(14-15)22(28-19-4-2-3-5-20(19)29-23(24)25)30-21(27-18)9-7-16-10-12-26-13-11-16/h6-14,19-20H,2-5H2,1H3,(H4,24,25,29)(H,27,28,30)/t19-,20+/m0/s1. The average Bonchev–Trinajstić information content (AvgIpc) is 2.74. The highest BCUT2D eigenvalue weighted by Crippen LogP contribution is 2.28. The number of aliphatic imine (C=N–C) groups is 1. The number of nitrogens with one attached hydrogen (secondary N) is 1. The van der Waals surface area contributed by atoms with E-state index in [2.05, 4.69) is 34.3 Å². The van der Waals surface area contributed by atoms with Gasteiger partial charge in [0.25, 0.3) is 0 Å². The Morgan fingerprint density at radius 2 is 1.87 bits per heavy atom. The zero-order chi connectivity index (χ0) is 20.9. The molecule has 7 nitrogen and oxygen atoms in total. The van der Waals surface area contributed by atoms with Gasteiger partial charge in [0.05, 0.1) is 17.6 Å². The molecule has 0 spiro atoms. The second-order valence-electron chi connectivity index (χ2n) is 7.72. The number of nitrogens with zero attached hydrogens (tertiary/aromatic N) is 4. The van der Waals surface area contributed by atoms with Crippen molar-refractivity contribution < 1.29 is 0 Å². The topological polar surface area (TPSA) is 115 Å². The van der Waals surface area contributed by atoms with Crippen LogP contribution in [0.25, 0.3) is 23.1 Å². The van der Waals surface area contributed by atoms with Crippen molar-refractivity contribution in [2.45, 2.75) is 44.7 Å². The molecule has 0 saturated heterocycles. The molecule has 154 valence electrons. The molecule has 7 heteroatoms. The van der Waals surface area contributed by atoms with Gasteiger partial charge in [0.15, 0.2) is 11.8 Å². The quantitative estimate of drug-likeness (QED) is 0.445. The summed E-state index contributed by atoms with van der Waals surface area (Å²) in [5.74, 6) is 1.61. The average molecular weight is 402 g/mol. The van der Waals surface area contributed by atoms with Gasteiger partial charge >= 0.3 is 0 Å². The summed E-state index contributed by atoms with van der Waals surface area (Å²) in [5, 5.41) is 4.64. The number of rotatable bonds is 5. The van der Waals surface area contributed by atoms with Crippen LogP contribution in [0.1, 0.15) is 42.6 Å². The number of hydrogen-bond donors (Lipinski definition) is 3. The second-order valence-corrected chi connectivity index (χ2v) is 7.72. The lowest BCUT2D eigenvalue weighted by atomic mass is 9.90. The summed E-state index contributed by atoms with van der Waals surface area (Å²) >= 11 is 0. The van der Waals surface area contributed by atoms with Gasteiger partial charge in [-0.25, -0.2) is 15.0 Å². The number of nitrogens with two attached hydrogens (primary N) is 2. The molecule has 0 aliphatic heterocycles. The van der Waals surface area contributed by atoms with Crippen molar-refractivity contribution in [2.24, 2.45) is 16.5 Å². The Kier molecular flexibility index (Phi) is 5.88. The summed E-state index contributed by atoms with van der Waals surface area (Å²) < 4.78 is 0. The first-order valence-electron chi connectivity index (χ1n) is 10.3. The van der Waals surface area contributed by atoms with Gasteiger partial charge in [0, 0.05) is 17.8 Å². The summed E-state index contributed by atoms with van der Waals surface area (Å²) in [4.78, 5) is 18.1. The smallest absolute Gasteiger partial charge is 0.186 e. The predicted molar refractivity (Wildman–Crippen MR) is 123 cm³/mol. The Balaban J connectivity index is 1.70. The molecular formula is C23H27N7. The number of benzene rings is 1. The molecule has 0 unspecified atom stereocenters. The van der Waals surface area contributed by atoms with Crippen molar-refractivity contribution >= 4 is 34.8 Å². The van der Waals surface area contributed by atoms with Crippen molar-refractivity contribution in [1.82, 2.24) is 15.0 Å². The summed E-state index contributed by atoms with van der Waals surface area (Å²) in [5.41, 5.74) is 14.5. The van der Waals surface area contributed by atoms with Crippen LogP contribution in [0.2, 0.25) is 0 Å². The van der Waals surface area contributed by atoms with E-state index in [-0.39, 0.29) is 18.0 Å². The van der Waals surface area contributed by atoms with Gasteiger partial charge in [0.1, 0.15) is 5.82 Å². The zero-order valence-corrected chi connectivity index (χ0v) is 17.1. The van der Waals surface area contributed by atoms with E-state index in [9.17, 15) is 0 Å². The van der Waals surface area contributed by atoms with Gasteiger partial charge in [-0.2, -0.15) is 0 Å². The monoisotopic (exact) mass is 401 g/mol. The van der Waals surface area contributed by atoms with Gasteiger partial charge in [-0.3, -0.25) is 4.98 Å². The minimum Gasteiger partial charge on any atom is -0.370 e. The van der Waals surface area contributed by atoms with Gasteiger partial charge in [0.2, 0.25) is 0 Å². The minimum atomic E-state index is 0.0504. The maximum Gasteiger partial charge on any atom is 0.186 e. The van der Waals surface area contributed by atoms with Gasteiger partial charge in [-0.05, 0) is 55.7 Å². The first kappa shape index (κ1) is 19.8. The Morgan fingerprint density at radius 1 is 1.07 bits per heavy atom. The van der Waals surface area contributed by atoms with Crippen LogP contribution in [0.3, 0.4) is 0 Å². The van der Waals surface area contributed by atoms with Crippen LogP contribution >= 0.6 is 0 Å². The number of fused-ring (bicyclic) bond motifs is 1. The summed E-state index contributed by atoms with van der Waals surface area (Å²) in [6, 6.07) is 10.3.